The normalized spacial score (nSPS) is 17.3. The second kappa shape index (κ2) is 14.5. The third-order valence-electron chi connectivity index (χ3n) is 8.83. The van der Waals surface area contributed by atoms with Crippen molar-refractivity contribution in [3.8, 4) is 11.5 Å². The number of alkyl halides is 3. The van der Waals surface area contributed by atoms with Crippen molar-refractivity contribution in [2.75, 3.05) is 18.0 Å². The molecule has 1 fully saturated rings. The minimum atomic E-state index is -4.57. The number of amides is 1. The molecule has 0 radical (unpaired) electrons. The number of ether oxygens (including phenoxy) is 1. The molecule has 4 aromatic rings. The van der Waals surface area contributed by atoms with E-state index in [0.29, 0.717) is 57.3 Å². The Morgan fingerprint density at radius 2 is 1.69 bits per heavy atom. The third-order valence-corrected chi connectivity index (χ3v) is 9.98. The van der Waals surface area contributed by atoms with E-state index in [-0.39, 0.29) is 11.9 Å². The van der Waals surface area contributed by atoms with Crippen LogP contribution >= 0.6 is 11.8 Å². The van der Waals surface area contributed by atoms with Crippen LogP contribution in [0.4, 0.5) is 18.9 Å². The number of anilines is 1. The van der Waals surface area contributed by atoms with E-state index in [1.54, 1.807) is 30.3 Å². The highest BCUT2D eigenvalue weighted by Crippen LogP contribution is 2.51. The van der Waals surface area contributed by atoms with Crippen LogP contribution in [0.15, 0.2) is 94.7 Å². The van der Waals surface area contributed by atoms with Crippen molar-refractivity contribution in [3.63, 3.8) is 0 Å². The lowest BCUT2D eigenvalue weighted by Gasteiger charge is -2.40. The molecule has 6 nitrogen and oxygen atoms in total. The van der Waals surface area contributed by atoms with Crippen molar-refractivity contribution in [2.24, 2.45) is 5.73 Å². The first kappa shape index (κ1) is 33.6. The molecule has 0 aliphatic carbocycles. The fourth-order valence-electron chi connectivity index (χ4n) is 6.61. The first-order valence-electron chi connectivity index (χ1n) is 16.4. The Balaban J connectivity index is 1.58. The van der Waals surface area contributed by atoms with E-state index >= 15 is 0 Å². The Bertz CT molecular complexity index is 1800. The lowest BCUT2D eigenvalue weighted by atomic mass is 9.81. The number of hydrogen-bond donors (Lipinski definition) is 2. The standard InChI is InChI=1S/C38H38F3N3O3S/c1-2-3-15-27-33-31(48-30-19-10-8-17-26(30)34(33)37(46)43-23-38(39,40)41)22-28(35(27)44-21-12-11-20-32(44)42)36(45)25-16-7-9-18-29(25)47-24-13-5-4-6-14-24/h4-10,13-14,16-19,22,32,34H,2-3,11-12,15,20-21,23,42H2,1H3,(H,43,46). The summed E-state index contributed by atoms with van der Waals surface area (Å²) in [6.07, 6.45) is -0.310. The number of para-hydroxylation sites is 2. The Morgan fingerprint density at radius 1 is 0.958 bits per heavy atom. The summed E-state index contributed by atoms with van der Waals surface area (Å²) in [5, 5.41) is 2.16. The molecule has 1 saturated heterocycles. The molecule has 0 saturated carbocycles. The second-order valence-electron chi connectivity index (χ2n) is 12.2. The number of rotatable bonds is 10. The van der Waals surface area contributed by atoms with Gasteiger partial charge in [-0.1, -0.05) is 73.6 Å². The number of halogens is 3. The number of nitrogens with zero attached hydrogens (tertiary/aromatic N) is 1. The number of ketones is 1. The number of fused-ring (bicyclic) bond motifs is 2. The predicted molar refractivity (Wildman–Crippen MR) is 182 cm³/mol. The molecule has 6 rings (SSSR count). The fourth-order valence-corrected chi connectivity index (χ4v) is 7.83. The van der Waals surface area contributed by atoms with Crippen molar-refractivity contribution in [1.29, 1.82) is 0 Å². The van der Waals surface area contributed by atoms with E-state index in [1.165, 1.54) is 11.8 Å². The van der Waals surface area contributed by atoms with E-state index in [2.05, 4.69) is 17.1 Å². The van der Waals surface area contributed by atoms with Crippen LogP contribution in [0.2, 0.25) is 0 Å². The fraction of sp³-hybridized carbons (Fsp3) is 0.316. The monoisotopic (exact) mass is 673 g/mol. The minimum absolute atomic E-state index is 0.257. The van der Waals surface area contributed by atoms with Gasteiger partial charge in [0.15, 0.2) is 5.78 Å². The summed E-state index contributed by atoms with van der Waals surface area (Å²) in [5.41, 5.74) is 10.3. The molecule has 2 heterocycles. The van der Waals surface area contributed by atoms with Crippen LogP contribution in [0.1, 0.15) is 77.6 Å². The van der Waals surface area contributed by atoms with Crippen LogP contribution in [-0.2, 0) is 11.2 Å². The number of carbonyl (C=O) groups excluding carboxylic acids is 2. The number of unbranched alkanes of at least 4 members (excludes halogenated alkanes) is 1. The van der Waals surface area contributed by atoms with E-state index in [0.717, 1.165) is 42.6 Å². The Morgan fingerprint density at radius 3 is 2.44 bits per heavy atom. The molecule has 250 valence electrons. The van der Waals surface area contributed by atoms with Gasteiger partial charge in [0.1, 0.15) is 18.0 Å². The zero-order valence-corrected chi connectivity index (χ0v) is 27.5. The maximum Gasteiger partial charge on any atom is 0.405 e. The van der Waals surface area contributed by atoms with Gasteiger partial charge in [-0.2, -0.15) is 13.2 Å². The second-order valence-corrected chi connectivity index (χ2v) is 13.3. The quantitative estimate of drug-likeness (QED) is 0.164. The molecule has 0 spiro atoms. The maximum absolute atomic E-state index is 14.9. The van der Waals surface area contributed by atoms with E-state index < -0.39 is 24.5 Å². The molecule has 2 unspecified atom stereocenters. The van der Waals surface area contributed by atoms with Gasteiger partial charge in [0, 0.05) is 21.9 Å². The molecular weight excluding hydrogens is 635 g/mol. The predicted octanol–water partition coefficient (Wildman–Crippen LogP) is 8.60. The summed E-state index contributed by atoms with van der Waals surface area (Å²) in [6.45, 7) is 1.23. The molecular formula is C38H38F3N3O3S. The summed E-state index contributed by atoms with van der Waals surface area (Å²) in [5.74, 6) is -0.992. The molecule has 3 N–H and O–H groups in total. The summed E-state index contributed by atoms with van der Waals surface area (Å²) in [7, 11) is 0. The smallest absolute Gasteiger partial charge is 0.405 e. The topological polar surface area (TPSA) is 84.7 Å². The first-order chi connectivity index (χ1) is 23.2. The van der Waals surface area contributed by atoms with E-state index in [9.17, 15) is 22.8 Å². The van der Waals surface area contributed by atoms with E-state index in [4.69, 9.17) is 10.5 Å². The zero-order chi connectivity index (χ0) is 33.8. The summed E-state index contributed by atoms with van der Waals surface area (Å²) in [4.78, 5) is 32.2. The molecule has 0 aromatic heterocycles. The molecule has 2 atom stereocenters. The van der Waals surface area contributed by atoms with Crippen molar-refractivity contribution in [1.82, 2.24) is 5.32 Å². The molecule has 0 bridgehead atoms. The Hall–Kier alpha value is -4.28. The lowest BCUT2D eigenvalue weighted by Crippen LogP contribution is -2.47. The van der Waals surface area contributed by atoms with Crippen molar-refractivity contribution < 1.29 is 27.5 Å². The average Bonchev–Trinajstić information content (AvgIpc) is 3.08. The van der Waals surface area contributed by atoms with Gasteiger partial charge in [0.25, 0.3) is 0 Å². The summed E-state index contributed by atoms with van der Waals surface area (Å²) in [6, 6.07) is 25.4. The van der Waals surface area contributed by atoms with Gasteiger partial charge in [-0.3, -0.25) is 9.59 Å². The Labute approximate surface area is 282 Å². The van der Waals surface area contributed by atoms with Crippen molar-refractivity contribution in [2.45, 2.75) is 73.5 Å². The SMILES string of the molecule is CCCCc1c2c(cc(C(=O)c3ccccc3Oc3ccccc3)c1N1CCCCC1N)Sc1ccccc1C2C(=O)NCC(F)(F)F. The van der Waals surface area contributed by atoms with Gasteiger partial charge in [-0.15, -0.1) is 0 Å². The van der Waals surface area contributed by atoms with Crippen LogP contribution < -0.4 is 20.7 Å². The zero-order valence-electron chi connectivity index (χ0n) is 26.7. The molecule has 10 heteroatoms. The van der Waals surface area contributed by atoms with E-state index in [1.807, 2.05) is 54.6 Å². The highest BCUT2D eigenvalue weighted by atomic mass is 32.2. The number of benzene rings is 4. The van der Waals surface area contributed by atoms with Crippen LogP contribution in [-0.4, -0.2) is 37.1 Å². The maximum atomic E-state index is 14.9. The number of piperidine rings is 1. The molecule has 2 aliphatic rings. The highest BCUT2D eigenvalue weighted by Gasteiger charge is 2.39. The Kier molecular flexibility index (Phi) is 10.1. The molecule has 2 aliphatic heterocycles. The number of nitrogens with one attached hydrogen (secondary N) is 1. The molecule has 4 aromatic carbocycles. The van der Waals surface area contributed by atoms with Crippen LogP contribution in [0, 0.1) is 0 Å². The van der Waals surface area contributed by atoms with Gasteiger partial charge in [0.2, 0.25) is 5.91 Å². The minimum Gasteiger partial charge on any atom is -0.457 e. The number of nitrogens with two attached hydrogens (primary N) is 1. The van der Waals surface area contributed by atoms with Crippen LogP contribution in [0.5, 0.6) is 11.5 Å². The highest BCUT2D eigenvalue weighted by molar-refractivity contribution is 7.99. The van der Waals surface area contributed by atoms with Gasteiger partial charge >= 0.3 is 6.18 Å². The number of carbonyl (C=O) groups is 2. The average molecular weight is 674 g/mol. The largest absolute Gasteiger partial charge is 0.457 e. The van der Waals surface area contributed by atoms with Gasteiger partial charge in [-0.05, 0) is 85.2 Å². The first-order valence-corrected chi connectivity index (χ1v) is 17.2. The number of hydrogen-bond acceptors (Lipinski definition) is 6. The van der Waals surface area contributed by atoms with Crippen LogP contribution in [0.25, 0.3) is 0 Å². The molecule has 48 heavy (non-hydrogen) atoms. The lowest BCUT2D eigenvalue weighted by molar-refractivity contribution is -0.138. The van der Waals surface area contributed by atoms with Crippen LogP contribution in [0.3, 0.4) is 0 Å². The summed E-state index contributed by atoms with van der Waals surface area (Å²) < 4.78 is 46.3. The van der Waals surface area contributed by atoms with Gasteiger partial charge in [-0.25, -0.2) is 0 Å². The van der Waals surface area contributed by atoms with Crippen molar-refractivity contribution in [3.05, 3.63) is 113 Å². The van der Waals surface area contributed by atoms with Crippen molar-refractivity contribution >= 4 is 29.1 Å². The molecule has 1 amide bonds. The van der Waals surface area contributed by atoms with Gasteiger partial charge < -0.3 is 20.7 Å². The van der Waals surface area contributed by atoms with Gasteiger partial charge in [0.05, 0.1) is 23.3 Å². The third kappa shape index (κ3) is 7.10. The summed E-state index contributed by atoms with van der Waals surface area (Å²) >= 11 is 1.43.